The number of nitrogens with zero attached hydrogens (tertiary/aromatic N) is 1. The van der Waals surface area contributed by atoms with Crippen LogP contribution in [0.15, 0.2) is 54.6 Å². The lowest BCUT2D eigenvalue weighted by Gasteiger charge is -2.15. The Morgan fingerprint density at radius 1 is 1.12 bits per heavy atom. The summed E-state index contributed by atoms with van der Waals surface area (Å²) >= 11 is 0. The number of benzene rings is 2. The highest BCUT2D eigenvalue weighted by Crippen LogP contribution is 2.29. The van der Waals surface area contributed by atoms with Crippen molar-refractivity contribution in [3.63, 3.8) is 0 Å². The zero-order chi connectivity index (χ0) is 17.7. The van der Waals surface area contributed by atoms with Gasteiger partial charge in [0, 0.05) is 19.7 Å². The van der Waals surface area contributed by atoms with Gasteiger partial charge >= 0.3 is 6.18 Å². The molecule has 2 aromatic carbocycles. The van der Waals surface area contributed by atoms with E-state index in [1.165, 1.54) is 41.3 Å². The Morgan fingerprint density at radius 3 is 2.38 bits per heavy atom. The predicted octanol–water partition coefficient (Wildman–Crippen LogP) is 4.52. The topological polar surface area (TPSA) is 20.3 Å². The molecule has 0 aliphatic heterocycles. The van der Waals surface area contributed by atoms with Crippen molar-refractivity contribution in [1.82, 2.24) is 4.90 Å². The fourth-order valence-corrected chi connectivity index (χ4v) is 2.07. The largest absolute Gasteiger partial charge is 0.416 e. The molecule has 0 heterocycles. The van der Waals surface area contributed by atoms with Crippen molar-refractivity contribution >= 4 is 12.0 Å². The SMILES string of the molecule is CN(Cc1cccc(F)c1)C(=O)/C=C/c1ccc(C(F)(F)F)cc1. The molecule has 0 radical (unpaired) electrons. The highest BCUT2D eigenvalue weighted by Gasteiger charge is 2.29. The minimum Gasteiger partial charge on any atom is -0.338 e. The number of carbonyl (C=O) groups is 1. The van der Waals surface area contributed by atoms with Crippen molar-refractivity contribution < 1.29 is 22.4 Å². The number of rotatable bonds is 4. The lowest BCUT2D eigenvalue weighted by Crippen LogP contribution is -2.24. The Balaban J connectivity index is 1.99. The quantitative estimate of drug-likeness (QED) is 0.593. The Kier molecular flexibility index (Phi) is 5.39. The minimum atomic E-state index is -4.39. The van der Waals surface area contributed by atoms with Gasteiger partial charge in [0.15, 0.2) is 0 Å². The molecule has 0 bridgehead atoms. The molecule has 0 unspecified atom stereocenters. The fraction of sp³-hybridized carbons (Fsp3) is 0.167. The summed E-state index contributed by atoms with van der Waals surface area (Å²) in [5.74, 6) is -0.715. The van der Waals surface area contributed by atoms with E-state index in [0.717, 1.165) is 12.1 Å². The van der Waals surface area contributed by atoms with Gasteiger partial charge in [0.2, 0.25) is 5.91 Å². The van der Waals surface area contributed by atoms with Crippen LogP contribution in [0.5, 0.6) is 0 Å². The van der Waals surface area contributed by atoms with E-state index in [0.29, 0.717) is 11.1 Å². The summed E-state index contributed by atoms with van der Waals surface area (Å²) in [7, 11) is 1.56. The highest BCUT2D eigenvalue weighted by molar-refractivity contribution is 5.91. The van der Waals surface area contributed by atoms with Crippen LogP contribution in [-0.2, 0) is 17.5 Å². The summed E-state index contributed by atoms with van der Waals surface area (Å²) in [6.07, 6.45) is -1.68. The predicted molar refractivity (Wildman–Crippen MR) is 83.4 cm³/mol. The van der Waals surface area contributed by atoms with Crippen molar-refractivity contribution in [2.75, 3.05) is 7.05 Å². The average molecular weight is 337 g/mol. The molecule has 0 aliphatic carbocycles. The highest BCUT2D eigenvalue weighted by atomic mass is 19.4. The summed E-state index contributed by atoms with van der Waals surface area (Å²) in [5.41, 5.74) is 0.387. The fourth-order valence-electron chi connectivity index (χ4n) is 2.07. The number of amides is 1. The first-order chi connectivity index (χ1) is 11.3. The van der Waals surface area contributed by atoms with Crippen molar-refractivity contribution in [3.8, 4) is 0 Å². The van der Waals surface area contributed by atoms with E-state index in [4.69, 9.17) is 0 Å². The van der Waals surface area contributed by atoms with Gasteiger partial charge in [0.1, 0.15) is 5.82 Å². The molecule has 2 nitrogen and oxygen atoms in total. The summed E-state index contributed by atoms with van der Waals surface area (Å²) in [6.45, 7) is 0.230. The molecular weight excluding hydrogens is 322 g/mol. The number of hydrogen-bond acceptors (Lipinski definition) is 1. The lowest BCUT2D eigenvalue weighted by atomic mass is 10.1. The zero-order valence-corrected chi connectivity index (χ0v) is 12.8. The van der Waals surface area contributed by atoms with Crippen molar-refractivity contribution in [3.05, 3.63) is 77.1 Å². The van der Waals surface area contributed by atoms with Gasteiger partial charge in [-0.1, -0.05) is 24.3 Å². The molecule has 126 valence electrons. The maximum Gasteiger partial charge on any atom is 0.416 e. The molecule has 0 atom stereocenters. The van der Waals surface area contributed by atoms with Gasteiger partial charge in [-0.05, 0) is 41.5 Å². The molecule has 0 saturated heterocycles. The molecule has 0 aliphatic rings. The molecule has 1 amide bonds. The van der Waals surface area contributed by atoms with E-state index in [1.807, 2.05) is 0 Å². The van der Waals surface area contributed by atoms with Crippen LogP contribution < -0.4 is 0 Å². The summed E-state index contributed by atoms with van der Waals surface area (Å²) < 4.78 is 50.5. The summed E-state index contributed by atoms with van der Waals surface area (Å²) in [6, 6.07) is 10.4. The lowest BCUT2D eigenvalue weighted by molar-refractivity contribution is -0.137. The maximum atomic E-state index is 13.1. The number of likely N-dealkylation sites (N-methyl/N-ethyl adjacent to an activating group) is 1. The molecule has 0 saturated carbocycles. The second-order valence-electron chi connectivity index (χ2n) is 5.28. The maximum absolute atomic E-state index is 13.1. The summed E-state index contributed by atoms with van der Waals surface area (Å²) in [5, 5.41) is 0. The third-order valence-corrected chi connectivity index (χ3v) is 3.34. The molecule has 6 heteroatoms. The van der Waals surface area contributed by atoms with Crippen molar-refractivity contribution in [2.24, 2.45) is 0 Å². The standard InChI is InChI=1S/C18H15F4NO/c1-23(12-14-3-2-4-16(19)11-14)17(24)10-7-13-5-8-15(9-6-13)18(20,21)22/h2-11H,12H2,1H3/b10-7+. The number of alkyl halides is 3. The van der Waals surface area contributed by atoms with Gasteiger partial charge in [-0.25, -0.2) is 4.39 Å². The van der Waals surface area contributed by atoms with Gasteiger partial charge < -0.3 is 4.90 Å². The van der Waals surface area contributed by atoms with Crippen LogP contribution in [-0.4, -0.2) is 17.9 Å². The summed E-state index contributed by atoms with van der Waals surface area (Å²) in [4.78, 5) is 13.4. The van der Waals surface area contributed by atoms with Crippen LogP contribution in [0.25, 0.3) is 6.08 Å². The molecule has 2 aromatic rings. The minimum absolute atomic E-state index is 0.230. The first-order valence-corrected chi connectivity index (χ1v) is 7.10. The van der Waals surface area contributed by atoms with Gasteiger partial charge in [-0.2, -0.15) is 13.2 Å². The third kappa shape index (κ3) is 4.94. The van der Waals surface area contributed by atoms with Crippen LogP contribution in [0.4, 0.5) is 17.6 Å². The Hall–Kier alpha value is -2.63. The third-order valence-electron chi connectivity index (χ3n) is 3.34. The van der Waals surface area contributed by atoms with E-state index < -0.39 is 11.7 Å². The molecule has 0 fully saturated rings. The molecular formula is C18H15F4NO. The second kappa shape index (κ2) is 7.29. The van der Waals surface area contributed by atoms with Crippen LogP contribution in [0, 0.1) is 5.82 Å². The normalized spacial score (nSPS) is 11.7. The van der Waals surface area contributed by atoms with Crippen molar-refractivity contribution in [1.29, 1.82) is 0 Å². The first-order valence-electron chi connectivity index (χ1n) is 7.10. The molecule has 0 N–H and O–H groups in total. The van der Waals surface area contributed by atoms with Crippen LogP contribution in [0.2, 0.25) is 0 Å². The monoisotopic (exact) mass is 337 g/mol. The van der Waals surface area contributed by atoms with Crippen LogP contribution in [0.3, 0.4) is 0 Å². The van der Waals surface area contributed by atoms with E-state index in [1.54, 1.807) is 19.2 Å². The van der Waals surface area contributed by atoms with Gasteiger partial charge in [-0.3, -0.25) is 4.79 Å². The Bertz CT molecular complexity index is 735. The van der Waals surface area contributed by atoms with Crippen LogP contribution >= 0.6 is 0 Å². The average Bonchev–Trinajstić information content (AvgIpc) is 2.52. The second-order valence-corrected chi connectivity index (χ2v) is 5.28. The number of carbonyl (C=O) groups excluding carboxylic acids is 1. The molecule has 24 heavy (non-hydrogen) atoms. The molecule has 0 aromatic heterocycles. The smallest absolute Gasteiger partial charge is 0.338 e. The molecule has 0 spiro atoms. The van der Waals surface area contributed by atoms with Gasteiger partial charge in [0.25, 0.3) is 0 Å². The zero-order valence-electron chi connectivity index (χ0n) is 12.8. The number of hydrogen-bond donors (Lipinski definition) is 0. The van der Waals surface area contributed by atoms with E-state index in [-0.39, 0.29) is 18.3 Å². The Labute approximate surface area is 137 Å². The van der Waals surface area contributed by atoms with Gasteiger partial charge in [0.05, 0.1) is 5.56 Å². The van der Waals surface area contributed by atoms with E-state index >= 15 is 0 Å². The van der Waals surface area contributed by atoms with Crippen LogP contribution in [0.1, 0.15) is 16.7 Å². The van der Waals surface area contributed by atoms with E-state index in [9.17, 15) is 22.4 Å². The number of halogens is 4. The Morgan fingerprint density at radius 2 is 1.79 bits per heavy atom. The molecule has 2 rings (SSSR count). The first kappa shape index (κ1) is 17.7. The van der Waals surface area contributed by atoms with E-state index in [2.05, 4.69) is 0 Å². The van der Waals surface area contributed by atoms with Gasteiger partial charge in [-0.15, -0.1) is 0 Å². The van der Waals surface area contributed by atoms with Crippen molar-refractivity contribution in [2.45, 2.75) is 12.7 Å².